The Hall–Kier alpha value is -2.63. The van der Waals surface area contributed by atoms with Crippen LogP contribution in [0.25, 0.3) is 0 Å². The standard InChI is InChI=1S/C16H18N2O4/c1-11(2)14-7-9-22-15(14)16(19)17-8-6-12-4-3-5-13(10-12)18(20)21/h3-5,7,9-11H,6,8H2,1-2H3,(H,17,19). The van der Waals surface area contributed by atoms with E-state index in [0.29, 0.717) is 18.7 Å². The van der Waals surface area contributed by atoms with Crippen LogP contribution < -0.4 is 5.32 Å². The summed E-state index contributed by atoms with van der Waals surface area (Å²) in [5.41, 5.74) is 1.72. The van der Waals surface area contributed by atoms with Gasteiger partial charge in [-0.25, -0.2) is 0 Å². The molecule has 1 aromatic carbocycles. The minimum Gasteiger partial charge on any atom is -0.459 e. The van der Waals surface area contributed by atoms with E-state index in [1.807, 2.05) is 13.8 Å². The molecule has 1 aromatic heterocycles. The van der Waals surface area contributed by atoms with Crippen LogP contribution >= 0.6 is 0 Å². The predicted octanol–water partition coefficient (Wildman–Crippen LogP) is 3.28. The monoisotopic (exact) mass is 302 g/mol. The van der Waals surface area contributed by atoms with E-state index in [9.17, 15) is 14.9 Å². The van der Waals surface area contributed by atoms with Gasteiger partial charge in [-0.05, 0) is 24.0 Å². The Morgan fingerprint density at radius 1 is 1.36 bits per heavy atom. The third-order valence-corrected chi connectivity index (χ3v) is 3.34. The molecule has 1 N–H and O–H groups in total. The Kier molecular flexibility index (Phi) is 4.93. The number of nitrogens with one attached hydrogen (secondary N) is 1. The van der Waals surface area contributed by atoms with E-state index in [1.165, 1.54) is 18.4 Å². The molecule has 1 heterocycles. The molecule has 2 rings (SSSR count). The Bertz CT molecular complexity index is 676. The number of non-ortho nitro benzene ring substituents is 1. The SMILES string of the molecule is CC(C)c1ccoc1C(=O)NCCc1cccc([N+](=O)[O-])c1. The van der Waals surface area contributed by atoms with Crippen LogP contribution in [0.4, 0.5) is 5.69 Å². The first-order valence-corrected chi connectivity index (χ1v) is 7.08. The fourth-order valence-electron chi connectivity index (χ4n) is 2.18. The molecular weight excluding hydrogens is 284 g/mol. The summed E-state index contributed by atoms with van der Waals surface area (Å²) >= 11 is 0. The normalized spacial score (nSPS) is 10.7. The van der Waals surface area contributed by atoms with Crippen LogP contribution in [0.2, 0.25) is 0 Å². The van der Waals surface area contributed by atoms with E-state index in [1.54, 1.807) is 18.2 Å². The van der Waals surface area contributed by atoms with Crippen molar-refractivity contribution in [1.29, 1.82) is 0 Å². The Balaban J connectivity index is 1.93. The van der Waals surface area contributed by atoms with Crippen LogP contribution in [-0.4, -0.2) is 17.4 Å². The van der Waals surface area contributed by atoms with Gasteiger partial charge in [-0.15, -0.1) is 0 Å². The third-order valence-electron chi connectivity index (χ3n) is 3.34. The topological polar surface area (TPSA) is 85.4 Å². The summed E-state index contributed by atoms with van der Waals surface area (Å²) in [7, 11) is 0. The minimum absolute atomic E-state index is 0.0527. The molecule has 2 aromatic rings. The number of benzene rings is 1. The lowest BCUT2D eigenvalue weighted by Crippen LogP contribution is -2.26. The van der Waals surface area contributed by atoms with Crippen molar-refractivity contribution in [3.63, 3.8) is 0 Å². The molecule has 0 aliphatic carbocycles. The van der Waals surface area contributed by atoms with Crippen molar-refractivity contribution in [3.8, 4) is 0 Å². The molecule has 6 nitrogen and oxygen atoms in total. The number of nitro groups is 1. The van der Waals surface area contributed by atoms with Crippen LogP contribution in [0.1, 0.15) is 41.4 Å². The lowest BCUT2D eigenvalue weighted by Gasteiger charge is -2.07. The van der Waals surface area contributed by atoms with Crippen LogP contribution in [-0.2, 0) is 6.42 Å². The summed E-state index contributed by atoms with van der Waals surface area (Å²) in [6.45, 7) is 4.37. The predicted molar refractivity (Wildman–Crippen MR) is 81.9 cm³/mol. The van der Waals surface area contributed by atoms with Crippen molar-refractivity contribution >= 4 is 11.6 Å². The zero-order valence-electron chi connectivity index (χ0n) is 12.5. The van der Waals surface area contributed by atoms with E-state index < -0.39 is 4.92 Å². The van der Waals surface area contributed by atoms with E-state index in [4.69, 9.17) is 4.42 Å². The molecule has 0 fully saturated rings. The van der Waals surface area contributed by atoms with Crippen molar-refractivity contribution in [3.05, 3.63) is 63.6 Å². The second-order valence-corrected chi connectivity index (χ2v) is 5.29. The number of carbonyl (C=O) groups excluding carboxylic acids is 1. The highest BCUT2D eigenvalue weighted by molar-refractivity contribution is 5.93. The number of nitrogens with zero attached hydrogens (tertiary/aromatic N) is 1. The summed E-state index contributed by atoms with van der Waals surface area (Å²) in [5.74, 6) is 0.268. The lowest BCUT2D eigenvalue weighted by atomic mass is 10.0. The molecule has 0 atom stereocenters. The highest BCUT2D eigenvalue weighted by Gasteiger charge is 2.17. The molecule has 0 saturated carbocycles. The average molecular weight is 302 g/mol. The highest BCUT2D eigenvalue weighted by atomic mass is 16.6. The van der Waals surface area contributed by atoms with Crippen molar-refractivity contribution in [2.45, 2.75) is 26.2 Å². The van der Waals surface area contributed by atoms with Gasteiger partial charge in [-0.2, -0.15) is 0 Å². The fourth-order valence-corrected chi connectivity index (χ4v) is 2.18. The van der Waals surface area contributed by atoms with E-state index in [0.717, 1.165) is 11.1 Å². The number of hydrogen-bond acceptors (Lipinski definition) is 4. The molecule has 0 saturated heterocycles. The van der Waals surface area contributed by atoms with Crippen LogP contribution in [0.5, 0.6) is 0 Å². The molecule has 0 aliphatic heterocycles. The second-order valence-electron chi connectivity index (χ2n) is 5.29. The number of rotatable bonds is 6. The first-order chi connectivity index (χ1) is 10.5. The van der Waals surface area contributed by atoms with E-state index in [-0.39, 0.29) is 17.5 Å². The van der Waals surface area contributed by atoms with Gasteiger partial charge < -0.3 is 9.73 Å². The van der Waals surface area contributed by atoms with Crippen LogP contribution in [0.3, 0.4) is 0 Å². The second kappa shape index (κ2) is 6.89. The summed E-state index contributed by atoms with van der Waals surface area (Å²) in [4.78, 5) is 22.4. The first kappa shape index (κ1) is 15.8. The molecule has 0 unspecified atom stereocenters. The number of furan rings is 1. The highest BCUT2D eigenvalue weighted by Crippen LogP contribution is 2.20. The Morgan fingerprint density at radius 2 is 2.14 bits per heavy atom. The van der Waals surface area contributed by atoms with Gasteiger partial charge in [-0.1, -0.05) is 26.0 Å². The minimum atomic E-state index is -0.431. The Labute approximate surface area is 128 Å². The molecule has 6 heteroatoms. The molecule has 1 amide bonds. The van der Waals surface area contributed by atoms with Gasteiger partial charge in [0.1, 0.15) is 0 Å². The zero-order chi connectivity index (χ0) is 16.1. The Morgan fingerprint density at radius 3 is 2.82 bits per heavy atom. The van der Waals surface area contributed by atoms with E-state index in [2.05, 4.69) is 5.32 Å². The number of amides is 1. The quantitative estimate of drug-likeness (QED) is 0.655. The molecule has 22 heavy (non-hydrogen) atoms. The lowest BCUT2D eigenvalue weighted by molar-refractivity contribution is -0.384. The fraction of sp³-hybridized carbons (Fsp3) is 0.312. The maximum absolute atomic E-state index is 12.1. The van der Waals surface area contributed by atoms with Crippen molar-refractivity contribution < 1.29 is 14.1 Å². The summed E-state index contributed by atoms with van der Waals surface area (Å²) < 4.78 is 5.24. The van der Waals surface area contributed by atoms with Crippen LogP contribution in [0.15, 0.2) is 41.0 Å². The average Bonchev–Trinajstić information content (AvgIpc) is 2.97. The zero-order valence-corrected chi connectivity index (χ0v) is 12.5. The maximum Gasteiger partial charge on any atom is 0.287 e. The number of nitro benzene ring substituents is 1. The summed E-state index contributed by atoms with van der Waals surface area (Å²) in [6, 6.07) is 8.18. The van der Waals surface area contributed by atoms with Crippen LogP contribution in [0, 0.1) is 10.1 Å². The molecule has 0 aliphatic rings. The third kappa shape index (κ3) is 3.72. The first-order valence-electron chi connectivity index (χ1n) is 7.08. The van der Waals surface area contributed by atoms with Gasteiger partial charge in [-0.3, -0.25) is 14.9 Å². The molecule has 116 valence electrons. The van der Waals surface area contributed by atoms with Crippen molar-refractivity contribution in [2.75, 3.05) is 6.54 Å². The smallest absolute Gasteiger partial charge is 0.287 e. The van der Waals surface area contributed by atoms with E-state index >= 15 is 0 Å². The largest absolute Gasteiger partial charge is 0.459 e. The van der Waals surface area contributed by atoms with Gasteiger partial charge in [0.2, 0.25) is 0 Å². The number of hydrogen-bond donors (Lipinski definition) is 1. The van der Waals surface area contributed by atoms with Crippen molar-refractivity contribution in [1.82, 2.24) is 5.32 Å². The number of carbonyl (C=O) groups is 1. The molecule has 0 radical (unpaired) electrons. The van der Waals surface area contributed by atoms with Crippen molar-refractivity contribution in [2.24, 2.45) is 0 Å². The van der Waals surface area contributed by atoms with Gasteiger partial charge in [0.25, 0.3) is 11.6 Å². The molecule has 0 bridgehead atoms. The van der Waals surface area contributed by atoms with Gasteiger partial charge in [0.15, 0.2) is 5.76 Å². The van der Waals surface area contributed by atoms with Gasteiger partial charge >= 0.3 is 0 Å². The van der Waals surface area contributed by atoms with Gasteiger partial charge in [0.05, 0.1) is 11.2 Å². The maximum atomic E-state index is 12.1. The molecule has 0 spiro atoms. The molecular formula is C16H18N2O4. The summed E-state index contributed by atoms with van der Waals surface area (Å²) in [5, 5.41) is 13.5. The summed E-state index contributed by atoms with van der Waals surface area (Å²) in [6.07, 6.45) is 2.02. The van der Waals surface area contributed by atoms with Gasteiger partial charge in [0, 0.05) is 24.2 Å².